The molecule has 3 rings (SSSR count). The van der Waals surface area contributed by atoms with Gasteiger partial charge in [0.1, 0.15) is 11.5 Å². The van der Waals surface area contributed by atoms with Gasteiger partial charge in [-0.2, -0.15) is 0 Å². The van der Waals surface area contributed by atoms with Gasteiger partial charge in [-0.15, -0.1) is 0 Å². The molecule has 2 nitrogen and oxygen atoms in total. The van der Waals surface area contributed by atoms with E-state index in [9.17, 15) is 4.79 Å². The maximum atomic E-state index is 12.4. The Morgan fingerprint density at radius 3 is 2.82 bits per heavy atom. The minimum atomic E-state index is 0.201. The van der Waals surface area contributed by atoms with Crippen LogP contribution < -0.4 is 0 Å². The molecule has 0 saturated heterocycles. The molecule has 0 bridgehead atoms. The van der Waals surface area contributed by atoms with Crippen LogP contribution in [0.15, 0.2) is 46.9 Å². The molecule has 22 heavy (non-hydrogen) atoms. The lowest BCUT2D eigenvalue weighted by molar-refractivity contribution is 0.0960. The lowest BCUT2D eigenvalue weighted by Crippen LogP contribution is -2.17. The van der Waals surface area contributed by atoms with Gasteiger partial charge in [-0.05, 0) is 30.0 Å². The number of carbonyl (C=O) groups excluding carboxylic acids is 1. The third-order valence-corrected chi connectivity index (χ3v) is 4.27. The van der Waals surface area contributed by atoms with Gasteiger partial charge in [-0.1, -0.05) is 56.2 Å². The summed E-state index contributed by atoms with van der Waals surface area (Å²) >= 11 is 0. The van der Waals surface area contributed by atoms with E-state index in [1.807, 2.05) is 30.3 Å². The molecule has 2 heteroatoms. The summed E-state index contributed by atoms with van der Waals surface area (Å²) < 4.78 is 5.90. The summed E-state index contributed by atoms with van der Waals surface area (Å²) in [6, 6.07) is 12.2. The number of hydrogen-bond acceptors (Lipinski definition) is 2. The molecular formula is C20H22O2. The summed E-state index contributed by atoms with van der Waals surface area (Å²) in [4.78, 5) is 12.4. The first-order valence-corrected chi connectivity index (χ1v) is 8.15. The van der Waals surface area contributed by atoms with E-state index >= 15 is 0 Å². The van der Waals surface area contributed by atoms with Crippen LogP contribution in [-0.4, -0.2) is 5.78 Å². The number of furan rings is 1. The molecule has 1 aromatic carbocycles. The Balaban J connectivity index is 1.77. The van der Waals surface area contributed by atoms with Crippen molar-refractivity contribution >= 4 is 11.9 Å². The third kappa shape index (κ3) is 3.22. The van der Waals surface area contributed by atoms with Crippen LogP contribution in [0.5, 0.6) is 0 Å². The minimum absolute atomic E-state index is 0.201. The highest BCUT2D eigenvalue weighted by atomic mass is 16.3. The minimum Gasteiger partial charge on any atom is -0.461 e. The SMILES string of the molecule is CCCC/C=C/c1cc2c(o1)CC(c1ccccc1)CC2=O. The van der Waals surface area contributed by atoms with E-state index in [-0.39, 0.29) is 11.7 Å². The number of Topliss-reactive ketones (excluding diaryl/α,β-unsaturated/α-hetero) is 1. The van der Waals surface area contributed by atoms with Crippen LogP contribution in [0.2, 0.25) is 0 Å². The lowest BCUT2D eigenvalue weighted by Gasteiger charge is -2.20. The number of ketones is 1. The molecular weight excluding hydrogens is 272 g/mol. The number of benzene rings is 1. The largest absolute Gasteiger partial charge is 0.461 e. The fourth-order valence-electron chi connectivity index (χ4n) is 3.03. The fraction of sp³-hybridized carbons (Fsp3) is 0.350. The second kappa shape index (κ2) is 6.78. The molecule has 0 saturated carbocycles. The molecule has 2 aromatic rings. The van der Waals surface area contributed by atoms with Crippen LogP contribution >= 0.6 is 0 Å². The van der Waals surface area contributed by atoms with Gasteiger partial charge in [0.15, 0.2) is 5.78 Å². The van der Waals surface area contributed by atoms with Gasteiger partial charge in [0.25, 0.3) is 0 Å². The highest BCUT2D eigenvalue weighted by Gasteiger charge is 2.29. The first kappa shape index (κ1) is 14.8. The average Bonchev–Trinajstić information content (AvgIpc) is 2.96. The molecule has 114 valence electrons. The number of allylic oxidation sites excluding steroid dienone is 1. The van der Waals surface area contributed by atoms with E-state index in [1.165, 1.54) is 18.4 Å². The molecule has 0 amide bonds. The standard InChI is InChI=1S/C20H22O2/c1-2-3-4-8-11-17-14-18-19(21)12-16(13-20(18)22-17)15-9-6-5-7-10-15/h5-11,14,16H,2-4,12-13H2,1H3/b11-8+. The highest BCUT2D eigenvalue weighted by molar-refractivity contribution is 5.99. The molecule has 1 aliphatic rings. The van der Waals surface area contributed by atoms with Crippen molar-refractivity contribution in [2.45, 2.75) is 44.9 Å². The van der Waals surface area contributed by atoms with Crippen LogP contribution in [-0.2, 0) is 6.42 Å². The Morgan fingerprint density at radius 1 is 1.23 bits per heavy atom. The van der Waals surface area contributed by atoms with Crippen LogP contribution in [0, 0.1) is 0 Å². The van der Waals surface area contributed by atoms with Gasteiger partial charge in [0.2, 0.25) is 0 Å². The Labute approximate surface area is 131 Å². The molecule has 0 fully saturated rings. The van der Waals surface area contributed by atoms with E-state index in [0.717, 1.165) is 29.9 Å². The first-order chi connectivity index (χ1) is 10.8. The molecule has 0 aliphatic heterocycles. The predicted octanol–water partition coefficient (Wildman–Crippen LogP) is 5.40. The van der Waals surface area contributed by atoms with Crippen molar-refractivity contribution < 1.29 is 9.21 Å². The molecule has 1 aliphatic carbocycles. The summed E-state index contributed by atoms with van der Waals surface area (Å²) in [6.45, 7) is 2.18. The van der Waals surface area contributed by atoms with Crippen molar-refractivity contribution in [3.63, 3.8) is 0 Å². The van der Waals surface area contributed by atoms with Crippen molar-refractivity contribution in [2.75, 3.05) is 0 Å². The summed E-state index contributed by atoms with van der Waals surface area (Å²) in [6.07, 6.45) is 8.96. The van der Waals surface area contributed by atoms with Crippen molar-refractivity contribution in [3.05, 3.63) is 65.1 Å². The molecule has 1 atom stereocenters. The molecule has 1 heterocycles. The second-order valence-corrected chi connectivity index (χ2v) is 5.97. The van der Waals surface area contributed by atoms with Crippen LogP contribution in [0.25, 0.3) is 6.08 Å². The van der Waals surface area contributed by atoms with E-state index in [0.29, 0.717) is 6.42 Å². The van der Waals surface area contributed by atoms with Crippen LogP contribution in [0.1, 0.15) is 66.0 Å². The van der Waals surface area contributed by atoms with Crippen molar-refractivity contribution in [1.29, 1.82) is 0 Å². The van der Waals surface area contributed by atoms with E-state index in [4.69, 9.17) is 4.42 Å². The lowest BCUT2D eigenvalue weighted by atomic mass is 9.83. The van der Waals surface area contributed by atoms with E-state index in [2.05, 4.69) is 25.1 Å². The van der Waals surface area contributed by atoms with Gasteiger partial charge < -0.3 is 4.42 Å². The number of rotatable bonds is 5. The monoisotopic (exact) mass is 294 g/mol. The van der Waals surface area contributed by atoms with Gasteiger partial charge in [0, 0.05) is 12.8 Å². The highest BCUT2D eigenvalue weighted by Crippen LogP contribution is 2.34. The van der Waals surface area contributed by atoms with Crippen molar-refractivity contribution in [1.82, 2.24) is 0 Å². The van der Waals surface area contributed by atoms with Crippen molar-refractivity contribution in [3.8, 4) is 0 Å². The summed E-state index contributed by atoms with van der Waals surface area (Å²) in [7, 11) is 0. The predicted molar refractivity (Wildman–Crippen MR) is 89.1 cm³/mol. The first-order valence-electron chi connectivity index (χ1n) is 8.15. The van der Waals surface area contributed by atoms with Gasteiger partial charge in [0.05, 0.1) is 5.56 Å². The maximum Gasteiger partial charge on any atom is 0.167 e. The zero-order chi connectivity index (χ0) is 15.4. The summed E-state index contributed by atoms with van der Waals surface area (Å²) in [5.41, 5.74) is 2.00. The Hall–Kier alpha value is -2.09. The topological polar surface area (TPSA) is 30.2 Å². The summed E-state index contributed by atoms with van der Waals surface area (Å²) in [5.74, 6) is 2.10. The Kier molecular flexibility index (Phi) is 4.57. The van der Waals surface area contributed by atoms with Gasteiger partial charge in [-0.3, -0.25) is 4.79 Å². The number of unbranched alkanes of at least 4 members (excludes halogenated alkanes) is 2. The molecule has 1 aromatic heterocycles. The zero-order valence-corrected chi connectivity index (χ0v) is 13.0. The maximum absolute atomic E-state index is 12.4. The average molecular weight is 294 g/mol. The van der Waals surface area contributed by atoms with Crippen molar-refractivity contribution in [2.24, 2.45) is 0 Å². The fourth-order valence-corrected chi connectivity index (χ4v) is 3.03. The van der Waals surface area contributed by atoms with Crippen LogP contribution in [0.4, 0.5) is 0 Å². The molecule has 0 radical (unpaired) electrons. The normalized spacial score (nSPS) is 17.9. The summed E-state index contributed by atoms with van der Waals surface area (Å²) in [5, 5.41) is 0. The second-order valence-electron chi connectivity index (χ2n) is 5.97. The molecule has 0 N–H and O–H groups in total. The van der Waals surface area contributed by atoms with Crippen LogP contribution in [0.3, 0.4) is 0 Å². The quantitative estimate of drug-likeness (QED) is 0.691. The Bertz CT molecular complexity index is 664. The van der Waals surface area contributed by atoms with Gasteiger partial charge >= 0.3 is 0 Å². The zero-order valence-electron chi connectivity index (χ0n) is 13.0. The molecule has 1 unspecified atom stereocenters. The van der Waals surface area contributed by atoms with E-state index in [1.54, 1.807) is 0 Å². The number of fused-ring (bicyclic) bond motifs is 1. The van der Waals surface area contributed by atoms with Gasteiger partial charge in [-0.25, -0.2) is 0 Å². The third-order valence-electron chi connectivity index (χ3n) is 4.27. The number of carbonyl (C=O) groups is 1. The number of hydrogen-bond donors (Lipinski definition) is 0. The molecule has 0 spiro atoms. The smallest absolute Gasteiger partial charge is 0.167 e. The Morgan fingerprint density at radius 2 is 2.05 bits per heavy atom. The van der Waals surface area contributed by atoms with E-state index < -0.39 is 0 Å².